The molecule has 26 heavy (non-hydrogen) atoms. The van der Waals surface area contributed by atoms with Crippen LogP contribution in [0.5, 0.6) is 0 Å². The van der Waals surface area contributed by atoms with Gasteiger partial charge in [-0.25, -0.2) is 0 Å². The van der Waals surface area contributed by atoms with Gasteiger partial charge < -0.3 is 10.2 Å². The zero-order valence-corrected chi connectivity index (χ0v) is 16.1. The van der Waals surface area contributed by atoms with Gasteiger partial charge in [-0.3, -0.25) is 4.79 Å². The van der Waals surface area contributed by atoms with Crippen molar-refractivity contribution in [3.05, 3.63) is 70.7 Å². The Bertz CT molecular complexity index is 702. The molecule has 0 saturated carbocycles. The fourth-order valence-corrected chi connectivity index (χ4v) is 3.89. The van der Waals surface area contributed by atoms with Crippen LogP contribution in [-0.2, 0) is 17.6 Å². The van der Waals surface area contributed by atoms with E-state index in [0.717, 1.165) is 43.9 Å². The lowest BCUT2D eigenvalue weighted by atomic mass is 9.86. The van der Waals surface area contributed by atoms with Crippen molar-refractivity contribution in [1.82, 2.24) is 10.2 Å². The van der Waals surface area contributed by atoms with Crippen molar-refractivity contribution >= 4 is 17.5 Å². The number of hydrogen-bond acceptors (Lipinski definition) is 2. The standard InChI is InChI=1S/C22H27ClN2O/c1-17(26)25-14-12-22(20(16-25)15-19-5-3-2-4-6-19)24-13-11-18-7-9-21(23)10-8-18/h2-10,20,22,24H,11-16H2,1H3/t20-,22+/m1/s1. The van der Waals surface area contributed by atoms with E-state index in [0.29, 0.717) is 12.0 Å². The van der Waals surface area contributed by atoms with E-state index in [4.69, 9.17) is 11.6 Å². The molecular weight excluding hydrogens is 344 g/mol. The third-order valence-corrected chi connectivity index (χ3v) is 5.51. The number of carbonyl (C=O) groups excluding carboxylic acids is 1. The predicted octanol–water partition coefficient (Wildman–Crippen LogP) is 3.95. The summed E-state index contributed by atoms with van der Waals surface area (Å²) < 4.78 is 0. The van der Waals surface area contributed by atoms with Crippen molar-refractivity contribution in [3.63, 3.8) is 0 Å². The van der Waals surface area contributed by atoms with Crippen LogP contribution in [-0.4, -0.2) is 36.5 Å². The van der Waals surface area contributed by atoms with Gasteiger partial charge in [0.15, 0.2) is 0 Å². The molecule has 1 aliphatic rings. The minimum atomic E-state index is 0.183. The van der Waals surface area contributed by atoms with E-state index in [2.05, 4.69) is 41.7 Å². The molecule has 0 aromatic heterocycles. The predicted molar refractivity (Wildman–Crippen MR) is 107 cm³/mol. The van der Waals surface area contributed by atoms with Crippen molar-refractivity contribution < 1.29 is 4.79 Å². The molecular formula is C22H27ClN2O. The van der Waals surface area contributed by atoms with Gasteiger partial charge in [0.1, 0.15) is 0 Å². The van der Waals surface area contributed by atoms with Crippen molar-refractivity contribution in [3.8, 4) is 0 Å². The number of hydrogen-bond donors (Lipinski definition) is 1. The van der Waals surface area contributed by atoms with Crippen molar-refractivity contribution in [2.75, 3.05) is 19.6 Å². The molecule has 138 valence electrons. The maximum atomic E-state index is 11.8. The molecule has 2 aromatic carbocycles. The van der Waals surface area contributed by atoms with Crippen LogP contribution in [0.2, 0.25) is 5.02 Å². The third-order valence-electron chi connectivity index (χ3n) is 5.25. The summed E-state index contributed by atoms with van der Waals surface area (Å²) in [7, 11) is 0. The van der Waals surface area contributed by atoms with Gasteiger partial charge in [0, 0.05) is 31.1 Å². The molecule has 4 heteroatoms. The summed E-state index contributed by atoms with van der Waals surface area (Å²) in [5.41, 5.74) is 2.63. The van der Waals surface area contributed by atoms with Gasteiger partial charge in [-0.05, 0) is 55.0 Å². The number of benzene rings is 2. The second kappa shape index (κ2) is 9.20. The Morgan fingerprint density at radius 1 is 1.12 bits per heavy atom. The maximum Gasteiger partial charge on any atom is 0.219 e. The number of amides is 1. The summed E-state index contributed by atoms with van der Waals surface area (Å²) in [4.78, 5) is 13.8. The Kier molecular flexibility index (Phi) is 6.70. The fourth-order valence-electron chi connectivity index (χ4n) is 3.76. The molecule has 1 saturated heterocycles. The molecule has 0 spiro atoms. The largest absolute Gasteiger partial charge is 0.343 e. The van der Waals surface area contributed by atoms with Crippen LogP contribution in [0.15, 0.2) is 54.6 Å². The van der Waals surface area contributed by atoms with E-state index in [9.17, 15) is 4.79 Å². The number of halogens is 1. The molecule has 1 heterocycles. The van der Waals surface area contributed by atoms with Gasteiger partial charge in [-0.1, -0.05) is 54.1 Å². The van der Waals surface area contributed by atoms with Crippen LogP contribution in [0.25, 0.3) is 0 Å². The molecule has 1 aliphatic heterocycles. The first-order valence-electron chi connectivity index (χ1n) is 9.39. The van der Waals surface area contributed by atoms with Crippen molar-refractivity contribution in [2.45, 2.75) is 32.2 Å². The summed E-state index contributed by atoms with van der Waals surface area (Å²) in [6.07, 6.45) is 3.00. The number of nitrogens with one attached hydrogen (secondary N) is 1. The third kappa shape index (κ3) is 5.33. The Balaban J connectivity index is 1.59. The van der Waals surface area contributed by atoms with E-state index >= 15 is 0 Å². The number of carbonyl (C=O) groups is 1. The highest BCUT2D eigenvalue weighted by atomic mass is 35.5. The Labute approximate surface area is 161 Å². The number of likely N-dealkylation sites (tertiary alicyclic amines) is 1. The van der Waals surface area contributed by atoms with Crippen molar-refractivity contribution in [2.24, 2.45) is 5.92 Å². The van der Waals surface area contributed by atoms with Gasteiger partial charge in [0.25, 0.3) is 0 Å². The highest BCUT2D eigenvalue weighted by molar-refractivity contribution is 6.30. The van der Waals surface area contributed by atoms with Gasteiger partial charge in [-0.2, -0.15) is 0 Å². The average molecular weight is 371 g/mol. The Morgan fingerprint density at radius 3 is 2.54 bits per heavy atom. The van der Waals surface area contributed by atoms with Gasteiger partial charge >= 0.3 is 0 Å². The van der Waals surface area contributed by atoms with E-state index in [1.807, 2.05) is 23.1 Å². The van der Waals surface area contributed by atoms with Crippen molar-refractivity contribution in [1.29, 1.82) is 0 Å². The van der Waals surface area contributed by atoms with E-state index in [1.165, 1.54) is 11.1 Å². The molecule has 1 amide bonds. The smallest absolute Gasteiger partial charge is 0.219 e. The number of piperidine rings is 1. The van der Waals surface area contributed by atoms with E-state index in [-0.39, 0.29) is 5.91 Å². The van der Waals surface area contributed by atoms with Gasteiger partial charge in [0.05, 0.1) is 0 Å². The molecule has 3 nitrogen and oxygen atoms in total. The van der Waals surface area contributed by atoms with Crippen LogP contribution in [0.4, 0.5) is 0 Å². The minimum Gasteiger partial charge on any atom is -0.343 e. The van der Waals surface area contributed by atoms with E-state index in [1.54, 1.807) is 6.92 Å². The lowest BCUT2D eigenvalue weighted by Crippen LogP contribution is -2.51. The quantitative estimate of drug-likeness (QED) is 0.834. The van der Waals surface area contributed by atoms with E-state index < -0.39 is 0 Å². The summed E-state index contributed by atoms with van der Waals surface area (Å²) in [5.74, 6) is 0.628. The maximum absolute atomic E-state index is 11.8. The lowest BCUT2D eigenvalue weighted by molar-refractivity contribution is -0.131. The van der Waals surface area contributed by atoms with Gasteiger partial charge in [0.2, 0.25) is 5.91 Å². The topological polar surface area (TPSA) is 32.3 Å². The van der Waals surface area contributed by atoms with Crippen LogP contribution < -0.4 is 5.32 Å². The zero-order valence-electron chi connectivity index (χ0n) is 15.3. The molecule has 0 radical (unpaired) electrons. The molecule has 2 aromatic rings. The van der Waals surface area contributed by atoms with Crippen LogP contribution in [0.1, 0.15) is 24.5 Å². The first-order chi connectivity index (χ1) is 12.6. The summed E-state index contributed by atoms with van der Waals surface area (Å²) >= 11 is 5.95. The highest BCUT2D eigenvalue weighted by Gasteiger charge is 2.30. The highest BCUT2D eigenvalue weighted by Crippen LogP contribution is 2.22. The Hall–Kier alpha value is -1.84. The van der Waals surface area contributed by atoms with Gasteiger partial charge in [-0.15, -0.1) is 0 Å². The summed E-state index contributed by atoms with van der Waals surface area (Å²) in [5, 5.41) is 4.52. The average Bonchev–Trinajstić information content (AvgIpc) is 2.65. The molecule has 2 atom stereocenters. The van der Waals surface area contributed by atoms with Crippen LogP contribution in [0.3, 0.4) is 0 Å². The Morgan fingerprint density at radius 2 is 1.85 bits per heavy atom. The minimum absolute atomic E-state index is 0.183. The molecule has 0 unspecified atom stereocenters. The molecule has 3 rings (SSSR count). The SMILES string of the molecule is CC(=O)N1CC[C@H](NCCc2ccc(Cl)cc2)[C@H](Cc2ccccc2)C1. The molecule has 0 bridgehead atoms. The van der Waals surface area contributed by atoms with Crippen LogP contribution >= 0.6 is 11.6 Å². The lowest BCUT2D eigenvalue weighted by Gasteiger charge is -2.39. The monoisotopic (exact) mass is 370 g/mol. The fraction of sp³-hybridized carbons (Fsp3) is 0.409. The summed E-state index contributed by atoms with van der Waals surface area (Å²) in [6.45, 7) is 4.30. The summed E-state index contributed by atoms with van der Waals surface area (Å²) in [6, 6.07) is 19.1. The zero-order chi connectivity index (χ0) is 18.4. The second-order valence-corrected chi connectivity index (χ2v) is 7.58. The normalized spacial score (nSPS) is 20.2. The first-order valence-corrected chi connectivity index (χ1v) is 9.77. The second-order valence-electron chi connectivity index (χ2n) is 7.14. The number of rotatable bonds is 6. The molecule has 0 aliphatic carbocycles. The first kappa shape index (κ1) is 18.9. The van der Waals surface area contributed by atoms with Crippen LogP contribution in [0, 0.1) is 5.92 Å². The molecule has 1 N–H and O–H groups in total. The molecule has 1 fully saturated rings. The number of nitrogens with zero attached hydrogens (tertiary/aromatic N) is 1.